The normalized spacial score (nSPS) is 31.6. The number of pyridine rings is 1. The lowest BCUT2D eigenvalue weighted by Crippen LogP contribution is -2.40. The number of aromatic nitrogens is 1. The largest absolute Gasteiger partial charge is 0.492 e. The summed E-state index contributed by atoms with van der Waals surface area (Å²) in [6, 6.07) is 3.79. The van der Waals surface area contributed by atoms with Gasteiger partial charge in [0.05, 0.1) is 18.2 Å². The van der Waals surface area contributed by atoms with Crippen LogP contribution in [0.2, 0.25) is 0 Å². The van der Waals surface area contributed by atoms with Crippen molar-refractivity contribution in [1.82, 2.24) is 15.2 Å². The van der Waals surface area contributed by atoms with E-state index >= 15 is 0 Å². The van der Waals surface area contributed by atoms with Crippen LogP contribution in [0.3, 0.4) is 0 Å². The SMILES string of the molecule is O=C1NC[C@@H](COc2cccnc2)[C@]12CCN(CC1CC1)C2. The molecule has 4 rings (SSSR count). The first-order chi connectivity index (χ1) is 10.8. The summed E-state index contributed by atoms with van der Waals surface area (Å²) in [6.07, 6.45) is 7.16. The lowest BCUT2D eigenvalue weighted by atomic mass is 9.77. The molecule has 2 saturated heterocycles. The molecule has 5 nitrogen and oxygen atoms in total. The molecule has 1 spiro atoms. The summed E-state index contributed by atoms with van der Waals surface area (Å²) in [5.74, 6) is 2.14. The van der Waals surface area contributed by atoms with Crippen molar-refractivity contribution in [2.75, 3.05) is 32.8 Å². The van der Waals surface area contributed by atoms with Crippen LogP contribution in [0.15, 0.2) is 24.5 Å². The van der Waals surface area contributed by atoms with Gasteiger partial charge in [-0.15, -0.1) is 0 Å². The van der Waals surface area contributed by atoms with Crippen LogP contribution in [0, 0.1) is 17.3 Å². The fraction of sp³-hybridized carbons (Fsp3) is 0.647. The second-order valence-corrected chi connectivity index (χ2v) is 6.99. The second-order valence-electron chi connectivity index (χ2n) is 6.99. The second kappa shape index (κ2) is 5.54. The highest BCUT2D eigenvalue weighted by atomic mass is 16.5. The average molecular weight is 301 g/mol. The number of likely N-dealkylation sites (tertiary alicyclic amines) is 1. The van der Waals surface area contributed by atoms with Gasteiger partial charge in [0.25, 0.3) is 0 Å². The lowest BCUT2D eigenvalue weighted by molar-refractivity contribution is -0.128. The van der Waals surface area contributed by atoms with E-state index in [2.05, 4.69) is 15.2 Å². The maximum atomic E-state index is 12.5. The zero-order valence-electron chi connectivity index (χ0n) is 12.8. The summed E-state index contributed by atoms with van der Waals surface area (Å²) in [5.41, 5.74) is -0.239. The Labute approximate surface area is 131 Å². The van der Waals surface area contributed by atoms with E-state index in [-0.39, 0.29) is 17.2 Å². The first-order valence-corrected chi connectivity index (χ1v) is 8.30. The molecule has 0 radical (unpaired) electrons. The number of rotatable bonds is 5. The first-order valence-electron chi connectivity index (χ1n) is 8.30. The Morgan fingerprint density at radius 2 is 2.36 bits per heavy atom. The zero-order valence-corrected chi connectivity index (χ0v) is 12.8. The summed E-state index contributed by atoms with van der Waals surface area (Å²) in [4.78, 5) is 19.0. The zero-order chi connectivity index (χ0) is 15.0. The van der Waals surface area contributed by atoms with Crippen molar-refractivity contribution in [3.8, 4) is 5.75 Å². The van der Waals surface area contributed by atoms with Gasteiger partial charge >= 0.3 is 0 Å². The molecule has 2 atom stereocenters. The van der Waals surface area contributed by atoms with Gasteiger partial charge in [-0.2, -0.15) is 0 Å². The van der Waals surface area contributed by atoms with Gasteiger partial charge in [-0.1, -0.05) is 0 Å². The van der Waals surface area contributed by atoms with E-state index in [0.29, 0.717) is 6.61 Å². The average Bonchev–Trinajstić information content (AvgIpc) is 3.17. The fourth-order valence-corrected chi connectivity index (χ4v) is 3.88. The van der Waals surface area contributed by atoms with Gasteiger partial charge in [0, 0.05) is 31.7 Å². The molecule has 0 aromatic carbocycles. The number of amides is 1. The molecule has 22 heavy (non-hydrogen) atoms. The van der Waals surface area contributed by atoms with Gasteiger partial charge in [0.15, 0.2) is 0 Å². The topological polar surface area (TPSA) is 54.5 Å². The first kappa shape index (κ1) is 14.0. The van der Waals surface area contributed by atoms with E-state index in [9.17, 15) is 4.79 Å². The number of carbonyl (C=O) groups excluding carboxylic acids is 1. The summed E-state index contributed by atoms with van der Waals surface area (Å²) in [7, 11) is 0. The van der Waals surface area contributed by atoms with Gasteiger partial charge in [-0.3, -0.25) is 9.78 Å². The smallest absolute Gasteiger partial charge is 0.228 e. The number of carbonyl (C=O) groups is 1. The standard InChI is InChI=1S/C17H23N3O2/c21-16-17(5-7-20(12-17)10-13-3-4-13)14(8-19-16)11-22-15-2-1-6-18-9-15/h1-2,6,9,13-14H,3-5,7-8,10-12H2,(H,19,21)/t14-,17+/m0/s1. The van der Waals surface area contributed by atoms with Crippen LogP contribution in [0.1, 0.15) is 19.3 Å². The summed E-state index contributed by atoms with van der Waals surface area (Å²) in [6.45, 7) is 4.44. The third kappa shape index (κ3) is 2.58. The van der Waals surface area contributed by atoms with Crippen molar-refractivity contribution < 1.29 is 9.53 Å². The molecule has 3 aliphatic rings. The quantitative estimate of drug-likeness (QED) is 0.891. The maximum absolute atomic E-state index is 12.5. The van der Waals surface area contributed by atoms with E-state index in [1.54, 1.807) is 12.4 Å². The highest BCUT2D eigenvalue weighted by molar-refractivity contribution is 5.86. The van der Waals surface area contributed by atoms with Gasteiger partial charge < -0.3 is 15.0 Å². The third-order valence-corrected chi connectivity index (χ3v) is 5.42. The number of nitrogens with zero attached hydrogens (tertiary/aromatic N) is 2. The minimum atomic E-state index is -0.239. The van der Waals surface area contributed by atoms with E-state index in [4.69, 9.17) is 4.74 Å². The van der Waals surface area contributed by atoms with Crippen molar-refractivity contribution in [3.05, 3.63) is 24.5 Å². The van der Waals surface area contributed by atoms with E-state index < -0.39 is 0 Å². The molecule has 0 unspecified atom stereocenters. The Balaban J connectivity index is 1.41. The molecular formula is C17H23N3O2. The van der Waals surface area contributed by atoms with Crippen LogP contribution in [-0.2, 0) is 4.79 Å². The van der Waals surface area contributed by atoms with Crippen molar-refractivity contribution in [2.24, 2.45) is 17.3 Å². The lowest BCUT2D eigenvalue weighted by Gasteiger charge is -2.28. The molecular weight excluding hydrogens is 278 g/mol. The molecule has 3 fully saturated rings. The van der Waals surface area contributed by atoms with Gasteiger partial charge in [0.1, 0.15) is 5.75 Å². The molecule has 1 saturated carbocycles. The predicted octanol–water partition coefficient (Wildman–Crippen LogP) is 1.31. The molecule has 2 aliphatic heterocycles. The van der Waals surface area contributed by atoms with E-state index in [0.717, 1.165) is 37.7 Å². The Kier molecular flexibility index (Phi) is 3.53. The van der Waals surface area contributed by atoms with Gasteiger partial charge in [-0.05, 0) is 43.9 Å². The molecule has 1 amide bonds. The molecule has 1 aliphatic carbocycles. The monoisotopic (exact) mass is 301 g/mol. The van der Waals surface area contributed by atoms with Crippen molar-refractivity contribution in [1.29, 1.82) is 0 Å². The number of hydrogen-bond donors (Lipinski definition) is 1. The Morgan fingerprint density at radius 1 is 1.45 bits per heavy atom. The molecule has 1 N–H and O–H groups in total. The maximum Gasteiger partial charge on any atom is 0.228 e. The molecule has 3 heterocycles. The van der Waals surface area contributed by atoms with Gasteiger partial charge in [0.2, 0.25) is 5.91 Å². The molecule has 0 bridgehead atoms. The minimum absolute atomic E-state index is 0.227. The molecule has 1 aromatic rings. The third-order valence-electron chi connectivity index (χ3n) is 5.42. The Hall–Kier alpha value is -1.62. The molecule has 1 aromatic heterocycles. The van der Waals surface area contributed by atoms with Crippen molar-refractivity contribution in [2.45, 2.75) is 19.3 Å². The summed E-state index contributed by atoms with van der Waals surface area (Å²) >= 11 is 0. The highest BCUT2D eigenvalue weighted by Gasteiger charge is 2.54. The van der Waals surface area contributed by atoms with E-state index in [1.807, 2.05) is 12.1 Å². The molecule has 5 heteroatoms. The van der Waals surface area contributed by atoms with Crippen molar-refractivity contribution >= 4 is 5.91 Å². The van der Waals surface area contributed by atoms with Crippen molar-refractivity contribution in [3.63, 3.8) is 0 Å². The van der Waals surface area contributed by atoms with Gasteiger partial charge in [-0.25, -0.2) is 0 Å². The summed E-state index contributed by atoms with van der Waals surface area (Å²) in [5, 5.41) is 3.07. The number of nitrogens with one attached hydrogen (secondary N) is 1. The van der Waals surface area contributed by atoms with E-state index in [1.165, 1.54) is 19.4 Å². The number of hydrogen-bond acceptors (Lipinski definition) is 4. The summed E-state index contributed by atoms with van der Waals surface area (Å²) < 4.78 is 5.88. The predicted molar refractivity (Wildman–Crippen MR) is 82.4 cm³/mol. The van der Waals surface area contributed by atoms with Crippen LogP contribution in [0.4, 0.5) is 0 Å². The van der Waals surface area contributed by atoms with Crippen LogP contribution in [0.5, 0.6) is 5.75 Å². The van der Waals surface area contributed by atoms with Crippen LogP contribution >= 0.6 is 0 Å². The highest BCUT2D eigenvalue weighted by Crippen LogP contribution is 2.43. The fourth-order valence-electron chi connectivity index (χ4n) is 3.88. The van der Waals surface area contributed by atoms with Crippen LogP contribution in [-0.4, -0.2) is 48.6 Å². The Morgan fingerprint density at radius 3 is 3.14 bits per heavy atom. The van der Waals surface area contributed by atoms with Crippen LogP contribution < -0.4 is 10.1 Å². The number of ether oxygens (including phenoxy) is 1. The molecule has 118 valence electrons. The Bertz CT molecular complexity index is 546. The van der Waals surface area contributed by atoms with Crippen LogP contribution in [0.25, 0.3) is 0 Å². The minimum Gasteiger partial charge on any atom is -0.492 e.